The van der Waals surface area contributed by atoms with E-state index in [1.54, 1.807) is 11.0 Å². The van der Waals surface area contributed by atoms with Crippen LogP contribution in [0.25, 0.3) is 10.9 Å². The first-order valence-corrected chi connectivity index (χ1v) is 13.4. The van der Waals surface area contributed by atoms with Gasteiger partial charge in [0.05, 0.1) is 18.7 Å². The Kier molecular flexibility index (Phi) is 7.46. The number of aromatic nitrogens is 1. The Morgan fingerprint density at radius 1 is 1.13 bits per heavy atom. The number of H-pyrrole nitrogens is 1. The fourth-order valence-corrected chi connectivity index (χ4v) is 5.91. The molecule has 3 heterocycles. The average Bonchev–Trinajstić information content (AvgIpc) is 3.18. The van der Waals surface area contributed by atoms with Crippen molar-refractivity contribution in [1.29, 1.82) is 0 Å². The van der Waals surface area contributed by atoms with Gasteiger partial charge in [0.25, 0.3) is 0 Å². The number of aliphatic hydroxyl groups is 1. The van der Waals surface area contributed by atoms with E-state index in [0.717, 1.165) is 43.4 Å². The van der Waals surface area contributed by atoms with Crippen LogP contribution >= 0.6 is 0 Å². The smallest absolute Gasteiger partial charge is 0.143 e. The lowest BCUT2D eigenvalue weighted by Crippen LogP contribution is -2.54. The lowest BCUT2D eigenvalue weighted by molar-refractivity contribution is 0.0162. The van der Waals surface area contributed by atoms with Crippen LogP contribution in [0.15, 0.2) is 30.3 Å². The van der Waals surface area contributed by atoms with E-state index >= 15 is 13.2 Å². The highest BCUT2D eigenvalue weighted by Gasteiger charge is 2.42. The van der Waals surface area contributed by atoms with Gasteiger partial charge in [-0.2, -0.15) is 0 Å². The molecule has 1 saturated heterocycles. The molecular formula is C29H36F4N4O. The minimum Gasteiger partial charge on any atom is -0.393 e. The average molecular weight is 533 g/mol. The molecule has 5 nitrogen and oxygen atoms in total. The summed E-state index contributed by atoms with van der Waals surface area (Å²) in [5, 5.41) is 13.6. The van der Waals surface area contributed by atoms with Crippen molar-refractivity contribution in [2.45, 2.75) is 63.8 Å². The second kappa shape index (κ2) is 10.5. The fourth-order valence-electron chi connectivity index (χ4n) is 5.91. The van der Waals surface area contributed by atoms with Gasteiger partial charge in [-0.05, 0) is 69.1 Å². The van der Waals surface area contributed by atoms with E-state index in [1.165, 1.54) is 31.2 Å². The third-order valence-corrected chi connectivity index (χ3v) is 7.92. The first kappa shape index (κ1) is 27.0. The van der Waals surface area contributed by atoms with Crippen LogP contribution in [0.1, 0.15) is 56.5 Å². The van der Waals surface area contributed by atoms with Crippen molar-refractivity contribution >= 4 is 16.6 Å². The molecule has 0 amide bonds. The van der Waals surface area contributed by atoms with Gasteiger partial charge in [-0.25, -0.2) is 17.6 Å². The monoisotopic (exact) mass is 532 g/mol. The highest BCUT2D eigenvalue weighted by molar-refractivity contribution is 5.85. The summed E-state index contributed by atoms with van der Waals surface area (Å²) in [6.45, 7) is 7.00. The van der Waals surface area contributed by atoms with Gasteiger partial charge in [-0.1, -0.05) is 13.3 Å². The van der Waals surface area contributed by atoms with Crippen molar-refractivity contribution < 1.29 is 22.7 Å². The van der Waals surface area contributed by atoms with Crippen LogP contribution in [-0.2, 0) is 6.42 Å². The molecule has 2 aliphatic heterocycles. The number of halogens is 4. The number of fused-ring (bicyclic) bond motifs is 3. The van der Waals surface area contributed by atoms with Crippen molar-refractivity contribution in [3.05, 3.63) is 64.6 Å². The van der Waals surface area contributed by atoms with Crippen LogP contribution < -0.4 is 5.32 Å². The molecule has 0 bridgehead atoms. The molecule has 0 saturated carbocycles. The van der Waals surface area contributed by atoms with Crippen molar-refractivity contribution in [1.82, 2.24) is 14.8 Å². The molecule has 3 N–H and O–H groups in total. The minimum absolute atomic E-state index is 0.120. The minimum atomic E-state index is -1.98. The zero-order valence-corrected chi connectivity index (χ0v) is 22.1. The van der Waals surface area contributed by atoms with Crippen molar-refractivity contribution in [3.8, 4) is 0 Å². The van der Waals surface area contributed by atoms with Crippen LogP contribution in [0.2, 0.25) is 0 Å². The molecule has 3 unspecified atom stereocenters. The van der Waals surface area contributed by atoms with E-state index in [0.29, 0.717) is 23.3 Å². The van der Waals surface area contributed by atoms with E-state index in [1.807, 2.05) is 6.92 Å². The normalized spacial score (nSPS) is 22.3. The maximum Gasteiger partial charge on any atom is 0.143 e. The van der Waals surface area contributed by atoms with Crippen molar-refractivity contribution in [2.24, 2.45) is 0 Å². The fraction of sp³-hybridized carbons (Fsp3) is 0.517. The van der Waals surface area contributed by atoms with Crippen molar-refractivity contribution in [2.75, 3.05) is 38.1 Å². The van der Waals surface area contributed by atoms with E-state index < -0.39 is 35.8 Å². The highest BCUT2D eigenvalue weighted by Crippen LogP contribution is 2.43. The second-order valence-electron chi connectivity index (χ2n) is 11.2. The molecule has 0 radical (unpaired) electrons. The number of alkyl halides is 1. The number of unbranched alkanes of at least 4 members (excludes halogenated alkanes) is 1. The number of rotatable bonds is 9. The standard InChI is InChI=1S/C29H36F4N4O/c1-4-5-8-36-13-20(14-36)34-19-11-23(31)26(24(32)12-19)28-27-22(21-7-6-18(30)10-25(21)35-27)9-17(2)37(28)15-29(3,33)16-38/h6-7,10-12,17,20,28,34-35,38H,4-5,8-9,13-16H2,1-3H3. The molecule has 0 aliphatic carbocycles. The molecule has 5 rings (SSSR count). The van der Waals surface area contributed by atoms with E-state index in [-0.39, 0.29) is 24.2 Å². The Morgan fingerprint density at radius 3 is 2.50 bits per heavy atom. The third kappa shape index (κ3) is 5.16. The molecule has 1 fully saturated rings. The number of likely N-dealkylation sites (tertiary alicyclic amines) is 1. The SMILES string of the molecule is CCCCN1CC(Nc2cc(F)c(C3c4[nH]c5cc(F)ccc5c4CC(C)N3CC(C)(F)CO)c(F)c2)C1. The number of hydrogen-bond donors (Lipinski definition) is 3. The molecule has 2 aliphatic rings. The largest absolute Gasteiger partial charge is 0.393 e. The van der Waals surface area contributed by atoms with Crippen LogP contribution in [0.3, 0.4) is 0 Å². The summed E-state index contributed by atoms with van der Waals surface area (Å²) >= 11 is 0. The Morgan fingerprint density at radius 2 is 1.84 bits per heavy atom. The number of anilines is 1. The zero-order valence-electron chi connectivity index (χ0n) is 22.1. The van der Waals surface area contributed by atoms with Gasteiger partial charge in [0.1, 0.15) is 23.1 Å². The van der Waals surface area contributed by atoms with E-state index in [2.05, 4.69) is 22.1 Å². The van der Waals surface area contributed by atoms with Crippen LogP contribution in [0.5, 0.6) is 0 Å². The van der Waals surface area contributed by atoms with Crippen LogP contribution in [-0.4, -0.2) is 70.4 Å². The van der Waals surface area contributed by atoms with Gasteiger partial charge in [-0.3, -0.25) is 9.80 Å². The number of nitrogens with one attached hydrogen (secondary N) is 2. The van der Waals surface area contributed by atoms with E-state index in [9.17, 15) is 9.50 Å². The quantitative estimate of drug-likeness (QED) is 0.317. The third-order valence-electron chi connectivity index (χ3n) is 7.92. The summed E-state index contributed by atoms with van der Waals surface area (Å²) in [7, 11) is 0. The van der Waals surface area contributed by atoms with Gasteiger partial charge < -0.3 is 15.4 Å². The Labute approximate surface area is 220 Å². The number of aromatic amines is 1. The molecule has 0 spiro atoms. The van der Waals surface area contributed by atoms with E-state index in [4.69, 9.17) is 0 Å². The molecule has 3 atom stereocenters. The number of nitrogens with zero attached hydrogens (tertiary/aromatic N) is 2. The van der Waals surface area contributed by atoms with Gasteiger partial charge in [0.2, 0.25) is 0 Å². The maximum atomic E-state index is 15.8. The van der Waals surface area contributed by atoms with Crippen LogP contribution in [0, 0.1) is 17.5 Å². The first-order chi connectivity index (χ1) is 18.1. The summed E-state index contributed by atoms with van der Waals surface area (Å²) in [5.41, 5.74) is 0.0643. The maximum absolute atomic E-state index is 15.8. The Hall–Kier alpha value is -2.62. The molecule has 3 aromatic rings. The summed E-state index contributed by atoms with van der Waals surface area (Å²) < 4.78 is 60.7. The highest BCUT2D eigenvalue weighted by atomic mass is 19.1. The first-order valence-electron chi connectivity index (χ1n) is 13.4. The lowest BCUT2D eigenvalue weighted by Gasteiger charge is -2.43. The van der Waals surface area contributed by atoms with Gasteiger partial charge in [-0.15, -0.1) is 0 Å². The summed E-state index contributed by atoms with van der Waals surface area (Å²) in [4.78, 5) is 7.18. The van der Waals surface area contributed by atoms with Gasteiger partial charge in [0.15, 0.2) is 0 Å². The molecule has 206 valence electrons. The molecule has 9 heteroatoms. The predicted octanol–water partition coefficient (Wildman–Crippen LogP) is 5.54. The molecule has 1 aromatic heterocycles. The lowest BCUT2D eigenvalue weighted by atomic mass is 9.87. The second-order valence-corrected chi connectivity index (χ2v) is 11.2. The van der Waals surface area contributed by atoms with Gasteiger partial charge in [0, 0.05) is 53.5 Å². The number of benzene rings is 2. The number of hydrogen-bond acceptors (Lipinski definition) is 4. The Bertz CT molecular complexity index is 1280. The number of aliphatic hydroxyl groups excluding tert-OH is 1. The topological polar surface area (TPSA) is 54.5 Å². The van der Waals surface area contributed by atoms with Gasteiger partial charge >= 0.3 is 0 Å². The van der Waals surface area contributed by atoms with Crippen LogP contribution in [0.4, 0.5) is 23.2 Å². The van der Waals surface area contributed by atoms with Crippen molar-refractivity contribution in [3.63, 3.8) is 0 Å². The molecule has 38 heavy (non-hydrogen) atoms. The summed E-state index contributed by atoms with van der Waals surface area (Å²) in [6.07, 6.45) is 2.73. The molecule has 2 aromatic carbocycles. The molecular weight excluding hydrogens is 496 g/mol. The predicted molar refractivity (Wildman–Crippen MR) is 142 cm³/mol. The Balaban J connectivity index is 1.52. The summed E-state index contributed by atoms with van der Waals surface area (Å²) in [5.74, 6) is -1.90. The zero-order chi connectivity index (χ0) is 27.2. The summed E-state index contributed by atoms with van der Waals surface area (Å²) in [6, 6.07) is 5.82.